The Kier molecular flexibility index (Phi) is 8.19. The van der Waals surface area contributed by atoms with Crippen LogP contribution >= 0.6 is 0 Å². The number of aromatic nitrogens is 2. The number of carbonyl (C=O) groups excluding carboxylic acids is 1. The van der Waals surface area contributed by atoms with E-state index < -0.39 is 0 Å². The maximum absolute atomic E-state index is 12.4. The van der Waals surface area contributed by atoms with Gasteiger partial charge in [-0.2, -0.15) is 0 Å². The zero-order valence-corrected chi connectivity index (χ0v) is 21.0. The Bertz CT molecular complexity index is 1270. The lowest BCUT2D eigenvalue weighted by atomic mass is 10.1. The first-order valence-corrected chi connectivity index (χ1v) is 12.5. The molecule has 0 fully saturated rings. The Morgan fingerprint density at radius 3 is 2.51 bits per heavy atom. The van der Waals surface area contributed by atoms with Gasteiger partial charge in [0.05, 0.1) is 17.6 Å². The molecule has 0 unspecified atom stereocenters. The Morgan fingerprint density at radius 1 is 0.914 bits per heavy atom. The smallest absolute Gasteiger partial charge is 0.251 e. The molecular weight excluding hydrogens is 434 g/mol. The SMILES string of the molecule is Cc1ccc(C(=O)NCCCc2nc3ccccc3n2CCCCOc2ccc(C)c(C)c2)cc1. The van der Waals surface area contributed by atoms with Gasteiger partial charge in [-0.3, -0.25) is 4.79 Å². The van der Waals surface area contributed by atoms with Crippen LogP contribution in [0.25, 0.3) is 11.0 Å². The normalized spacial score (nSPS) is 11.1. The monoisotopic (exact) mass is 469 g/mol. The molecule has 3 aromatic carbocycles. The molecule has 1 aromatic heterocycles. The Hall–Kier alpha value is -3.60. The molecular formula is C30H35N3O2. The van der Waals surface area contributed by atoms with Gasteiger partial charge in [0.25, 0.3) is 5.91 Å². The number of unbranched alkanes of at least 4 members (excludes halogenated alkanes) is 1. The topological polar surface area (TPSA) is 56.2 Å². The molecule has 0 radical (unpaired) electrons. The predicted octanol–water partition coefficient (Wildman–Crippen LogP) is 6.18. The number of hydrogen-bond acceptors (Lipinski definition) is 3. The van der Waals surface area contributed by atoms with E-state index in [4.69, 9.17) is 9.72 Å². The van der Waals surface area contributed by atoms with Gasteiger partial charge in [-0.15, -0.1) is 0 Å². The van der Waals surface area contributed by atoms with E-state index in [1.54, 1.807) is 0 Å². The second-order valence-corrected chi connectivity index (χ2v) is 9.20. The van der Waals surface area contributed by atoms with Crippen molar-refractivity contribution in [2.75, 3.05) is 13.2 Å². The van der Waals surface area contributed by atoms with Crippen molar-refractivity contribution in [3.63, 3.8) is 0 Å². The second kappa shape index (κ2) is 11.7. The Labute approximate surface area is 208 Å². The van der Waals surface area contributed by atoms with Gasteiger partial charge < -0.3 is 14.6 Å². The van der Waals surface area contributed by atoms with E-state index in [-0.39, 0.29) is 5.91 Å². The van der Waals surface area contributed by atoms with E-state index in [9.17, 15) is 4.79 Å². The maximum Gasteiger partial charge on any atom is 0.251 e. The lowest BCUT2D eigenvalue weighted by Gasteiger charge is -2.11. The van der Waals surface area contributed by atoms with Gasteiger partial charge >= 0.3 is 0 Å². The van der Waals surface area contributed by atoms with Crippen LogP contribution in [0.3, 0.4) is 0 Å². The Morgan fingerprint density at radius 2 is 1.71 bits per heavy atom. The lowest BCUT2D eigenvalue weighted by molar-refractivity contribution is 0.0953. The number of aryl methyl sites for hydroxylation is 5. The summed E-state index contributed by atoms with van der Waals surface area (Å²) in [7, 11) is 0. The molecule has 1 heterocycles. The number of ether oxygens (including phenoxy) is 1. The van der Waals surface area contributed by atoms with Crippen molar-refractivity contribution in [1.29, 1.82) is 0 Å². The van der Waals surface area contributed by atoms with Crippen LogP contribution in [0.4, 0.5) is 0 Å². The molecule has 4 aromatic rings. The summed E-state index contributed by atoms with van der Waals surface area (Å²) in [6.45, 7) is 8.48. The number of amides is 1. The average molecular weight is 470 g/mol. The number of fused-ring (bicyclic) bond motifs is 1. The highest BCUT2D eigenvalue weighted by Crippen LogP contribution is 2.19. The van der Waals surface area contributed by atoms with E-state index in [0.29, 0.717) is 18.7 Å². The fraction of sp³-hybridized carbons (Fsp3) is 0.333. The molecule has 0 aliphatic heterocycles. The number of hydrogen-bond donors (Lipinski definition) is 1. The van der Waals surface area contributed by atoms with Gasteiger partial charge in [0, 0.05) is 25.1 Å². The summed E-state index contributed by atoms with van der Waals surface area (Å²) in [6.07, 6.45) is 3.66. The minimum absolute atomic E-state index is 0.0257. The van der Waals surface area contributed by atoms with Gasteiger partial charge in [-0.05, 0) is 87.6 Å². The third kappa shape index (κ3) is 6.50. The standard InChI is InChI=1S/C30H35N3O2/c1-22-12-15-25(16-13-22)30(34)31-18-8-11-29-32-27-9-4-5-10-28(27)33(29)19-6-7-20-35-26-17-14-23(2)24(3)21-26/h4-5,9-10,12-17,21H,6-8,11,18-20H2,1-3H3,(H,31,34). The lowest BCUT2D eigenvalue weighted by Crippen LogP contribution is -2.25. The number of imidazole rings is 1. The molecule has 5 heteroatoms. The summed E-state index contributed by atoms with van der Waals surface area (Å²) in [5, 5.41) is 3.03. The molecule has 4 rings (SSSR count). The van der Waals surface area contributed by atoms with Crippen molar-refractivity contribution in [2.24, 2.45) is 0 Å². The summed E-state index contributed by atoms with van der Waals surface area (Å²) in [6, 6.07) is 22.2. The summed E-state index contributed by atoms with van der Waals surface area (Å²) < 4.78 is 8.29. The third-order valence-corrected chi connectivity index (χ3v) is 6.43. The first kappa shape index (κ1) is 24.5. The number of benzene rings is 3. The largest absolute Gasteiger partial charge is 0.494 e. The highest BCUT2D eigenvalue weighted by atomic mass is 16.5. The van der Waals surface area contributed by atoms with Gasteiger partial charge in [-0.1, -0.05) is 35.9 Å². The van der Waals surface area contributed by atoms with Gasteiger partial charge in [-0.25, -0.2) is 4.98 Å². The molecule has 0 aliphatic carbocycles. The quantitative estimate of drug-likeness (QED) is 0.267. The summed E-state index contributed by atoms with van der Waals surface area (Å²) in [4.78, 5) is 17.3. The zero-order valence-electron chi connectivity index (χ0n) is 21.0. The highest BCUT2D eigenvalue weighted by Gasteiger charge is 2.11. The van der Waals surface area contributed by atoms with Crippen molar-refractivity contribution >= 4 is 16.9 Å². The average Bonchev–Trinajstić information content (AvgIpc) is 3.21. The molecule has 1 amide bonds. The Balaban J connectivity index is 1.28. The van der Waals surface area contributed by atoms with E-state index in [1.165, 1.54) is 16.6 Å². The van der Waals surface area contributed by atoms with Gasteiger partial charge in [0.15, 0.2) is 0 Å². The minimum atomic E-state index is -0.0257. The molecule has 0 saturated heterocycles. The van der Waals surface area contributed by atoms with Crippen molar-refractivity contribution in [1.82, 2.24) is 14.9 Å². The fourth-order valence-electron chi connectivity index (χ4n) is 4.19. The van der Waals surface area contributed by atoms with Crippen LogP contribution in [0.2, 0.25) is 0 Å². The van der Waals surface area contributed by atoms with Crippen molar-refractivity contribution < 1.29 is 9.53 Å². The molecule has 0 saturated carbocycles. The van der Waals surface area contributed by atoms with Gasteiger partial charge in [0.2, 0.25) is 0 Å². The van der Waals surface area contributed by atoms with Crippen molar-refractivity contribution in [3.8, 4) is 5.75 Å². The summed E-state index contributed by atoms with van der Waals surface area (Å²) in [5.74, 6) is 1.99. The number of nitrogens with one attached hydrogen (secondary N) is 1. The highest BCUT2D eigenvalue weighted by molar-refractivity contribution is 5.94. The molecule has 5 nitrogen and oxygen atoms in total. The number of para-hydroxylation sites is 2. The molecule has 0 atom stereocenters. The van der Waals surface area contributed by atoms with Crippen LogP contribution in [-0.2, 0) is 13.0 Å². The molecule has 1 N–H and O–H groups in total. The van der Waals surface area contributed by atoms with Crippen LogP contribution in [-0.4, -0.2) is 28.6 Å². The fourth-order valence-corrected chi connectivity index (χ4v) is 4.19. The second-order valence-electron chi connectivity index (χ2n) is 9.20. The molecule has 0 bridgehead atoms. The third-order valence-electron chi connectivity index (χ3n) is 6.43. The molecule has 182 valence electrons. The van der Waals surface area contributed by atoms with E-state index in [1.807, 2.05) is 43.3 Å². The van der Waals surface area contributed by atoms with Crippen LogP contribution in [0, 0.1) is 20.8 Å². The van der Waals surface area contributed by atoms with E-state index in [2.05, 4.69) is 54.1 Å². The number of carbonyl (C=O) groups is 1. The van der Waals surface area contributed by atoms with Crippen LogP contribution in [0.1, 0.15) is 52.1 Å². The van der Waals surface area contributed by atoms with Crippen LogP contribution in [0.15, 0.2) is 66.7 Å². The summed E-state index contributed by atoms with van der Waals surface area (Å²) in [5.41, 5.74) is 6.58. The van der Waals surface area contributed by atoms with Gasteiger partial charge in [0.1, 0.15) is 11.6 Å². The molecule has 35 heavy (non-hydrogen) atoms. The predicted molar refractivity (Wildman–Crippen MR) is 142 cm³/mol. The van der Waals surface area contributed by atoms with Crippen molar-refractivity contribution in [3.05, 3.63) is 94.8 Å². The first-order valence-electron chi connectivity index (χ1n) is 12.5. The summed E-state index contributed by atoms with van der Waals surface area (Å²) >= 11 is 0. The minimum Gasteiger partial charge on any atom is -0.494 e. The number of rotatable bonds is 11. The number of nitrogens with zero attached hydrogens (tertiary/aromatic N) is 2. The maximum atomic E-state index is 12.4. The zero-order chi connectivity index (χ0) is 24.6. The first-order chi connectivity index (χ1) is 17.0. The van der Waals surface area contributed by atoms with Crippen LogP contribution in [0.5, 0.6) is 5.75 Å². The molecule has 0 spiro atoms. The van der Waals surface area contributed by atoms with E-state index in [0.717, 1.165) is 54.9 Å². The van der Waals surface area contributed by atoms with Crippen LogP contribution < -0.4 is 10.1 Å². The van der Waals surface area contributed by atoms with E-state index >= 15 is 0 Å². The van der Waals surface area contributed by atoms with Crippen molar-refractivity contribution in [2.45, 2.75) is 53.0 Å². The molecule has 0 aliphatic rings.